The van der Waals surface area contributed by atoms with E-state index in [1.165, 1.54) is 0 Å². The molecule has 4 aromatic rings. The van der Waals surface area contributed by atoms with Crippen molar-refractivity contribution in [1.82, 2.24) is 10.2 Å². The Hall–Kier alpha value is -3.35. The maximum absolute atomic E-state index is 12.5. The number of rotatable bonds is 6. The number of halogens is 2. The minimum atomic E-state index is -0.761. The normalized spacial score (nSPS) is 11.7. The second kappa shape index (κ2) is 9.20. The van der Waals surface area contributed by atoms with E-state index in [-0.39, 0.29) is 5.91 Å². The predicted molar refractivity (Wildman–Crippen MR) is 120 cm³/mol. The van der Waals surface area contributed by atoms with Gasteiger partial charge in [-0.05, 0) is 61.5 Å². The number of benzene rings is 3. The summed E-state index contributed by atoms with van der Waals surface area (Å²) in [5.74, 6) is 0.906. The lowest BCUT2D eigenvalue weighted by molar-refractivity contribution is -0.122. The molecule has 1 amide bonds. The van der Waals surface area contributed by atoms with Crippen LogP contribution in [0.4, 0.5) is 5.69 Å². The third-order valence-electron chi connectivity index (χ3n) is 4.41. The maximum atomic E-state index is 12.5. The molecule has 0 saturated carbocycles. The molecule has 0 aliphatic rings. The fourth-order valence-electron chi connectivity index (χ4n) is 2.79. The number of hydrogen-bond acceptors (Lipinski definition) is 5. The molecule has 0 aliphatic heterocycles. The van der Waals surface area contributed by atoms with Gasteiger partial charge in [-0.15, -0.1) is 10.2 Å². The molecule has 156 valence electrons. The van der Waals surface area contributed by atoms with Crippen LogP contribution < -0.4 is 10.1 Å². The van der Waals surface area contributed by atoms with Crippen molar-refractivity contribution in [1.29, 1.82) is 0 Å². The van der Waals surface area contributed by atoms with E-state index < -0.39 is 6.10 Å². The molecule has 0 spiro atoms. The van der Waals surface area contributed by atoms with Crippen LogP contribution in [0.2, 0.25) is 10.0 Å². The topological polar surface area (TPSA) is 77.2 Å². The summed E-state index contributed by atoms with van der Waals surface area (Å²) in [6.07, 6.45) is -0.761. The van der Waals surface area contributed by atoms with Crippen molar-refractivity contribution in [2.24, 2.45) is 0 Å². The summed E-state index contributed by atoms with van der Waals surface area (Å²) >= 11 is 12.0. The molecule has 31 heavy (non-hydrogen) atoms. The van der Waals surface area contributed by atoms with Gasteiger partial charge in [0.15, 0.2) is 6.10 Å². The van der Waals surface area contributed by atoms with E-state index in [0.717, 1.165) is 11.1 Å². The molecule has 4 rings (SSSR count). The number of anilines is 1. The van der Waals surface area contributed by atoms with E-state index >= 15 is 0 Å². The average Bonchev–Trinajstić information content (AvgIpc) is 3.27. The highest BCUT2D eigenvalue weighted by atomic mass is 35.5. The lowest BCUT2D eigenvalue weighted by atomic mass is 10.2. The van der Waals surface area contributed by atoms with Crippen molar-refractivity contribution in [3.05, 3.63) is 82.8 Å². The van der Waals surface area contributed by atoms with E-state index in [0.29, 0.717) is 33.3 Å². The third-order valence-corrected chi connectivity index (χ3v) is 4.94. The maximum Gasteiger partial charge on any atom is 0.265 e. The Morgan fingerprint density at radius 3 is 2.23 bits per heavy atom. The van der Waals surface area contributed by atoms with Crippen molar-refractivity contribution in [3.63, 3.8) is 0 Å². The quantitative estimate of drug-likeness (QED) is 0.380. The second-order valence-electron chi connectivity index (χ2n) is 6.68. The molecule has 1 heterocycles. The molecule has 3 aromatic carbocycles. The number of amides is 1. The van der Waals surface area contributed by atoms with Crippen LogP contribution in [0.3, 0.4) is 0 Å². The van der Waals surface area contributed by atoms with Crippen LogP contribution in [0.25, 0.3) is 22.9 Å². The number of nitrogens with one attached hydrogen (secondary N) is 1. The summed E-state index contributed by atoms with van der Waals surface area (Å²) in [6.45, 7) is 1.64. The first-order valence-electron chi connectivity index (χ1n) is 9.41. The van der Waals surface area contributed by atoms with Crippen LogP contribution >= 0.6 is 23.2 Å². The van der Waals surface area contributed by atoms with E-state index in [9.17, 15) is 4.79 Å². The third kappa shape index (κ3) is 5.05. The molecule has 0 aliphatic carbocycles. The molecular formula is C23H17Cl2N3O3. The molecule has 0 fully saturated rings. The summed E-state index contributed by atoms with van der Waals surface area (Å²) in [7, 11) is 0. The molecular weight excluding hydrogens is 437 g/mol. The molecule has 1 N–H and O–H groups in total. The van der Waals surface area contributed by atoms with Crippen LogP contribution in [0, 0.1) is 0 Å². The minimum Gasteiger partial charge on any atom is -0.479 e. The molecule has 0 saturated heterocycles. The molecule has 0 bridgehead atoms. The van der Waals surface area contributed by atoms with Crippen molar-refractivity contribution < 1.29 is 13.9 Å². The van der Waals surface area contributed by atoms with E-state index in [1.807, 2.05) is 30.3 Å². The van der Waals surface area contributed by atoms with Crippen molar-refractivity contribution in [2.75, 3.05) is 5.32 Å². The second-order valence-corrected chi connectivity index (χ2v) is 7.52. The fourth-order valence-corrected chi connectivity index (χ4v) is 3.25. The smallest absolute Gasteiger partial charge is 0.265 e. The fraction of sp³-hybridized carbons (Fsp3) is 0.0870. The standard InChI is InChI=1S/C23H17Cl2N3O3/c1-14(30-20-12-9-17(24)13-19(20)25)21(29)26-18-10-7-16(8-11-18)23-28-27-22(31-23)15-5-3-2-4-6-15/h2-14H,1H3,(H,26,29). The van der Waals surface area contributed by atoms with E-state index in [4.69, 9.17) is 32.4 Å². The summed E-state index contributed by atoms with van der Waals surface area (Å²) in [4.78, 5) is 12.5. The number of ether oxygens (including phenoxy) is 1. The van der Waals surface area contributed by atoms with Crippen molar-refractivity contribution >= 4 is 34.8 Å². The van der Waals surface area contributed by atoms with Crippen LogP contribution in [0.15, 0.2) is 77.2 Å². The zero-order valence-electron chi connectivity index (χ0n) is 16.4. The van der Waals surface area contributed by atoms with E-state index in [1.54, 1.807) is 49.4 Å². The summed E-state index contributed by atoms with van der Waals surface area (Å²) in [6, 6.07) is 21.4. The van der Waals surface area contributed by atoms with Gasteiger partial charge in [-0.25, -0.2) is 0 Å². The van der Waals surface area contributed by atoms with Crippen molar-refractivity contribution in [3.8, 4) is 28.7 Å². The Kier molecular flexibility index (Phi) is 6.21. The van der Waals surface area contributed by atoms with Gasteiger partial charge in [0, 0.05) is 21.8 Å². The van der Waals surface area contributed by atoms with Gasteiger partial charge in [0.25, 0.3) is 5.91 Å². The highest BCUT2D eigenvalue weighted by molar-refractivity contribution is 6.35. The van der Waals surface area contributed by atoms with Crippen LogP contribution in [-0.2, 0) is 4.79 Å². The van der Waals surface area contributed by atoms with Gasteiger partial charge < -0.3 is 14.5 Å². The zero-order chi connectivity index (χ0) is 21.8. The molecule has 6 nitrogen and oxygen atoms in total. The molecule has 8 heteroatoms. The SMILES string of the molecule is CC(Oc1ccc(Cl)cc1Cl)C(=O)Nc1ccc(-c2nnc(-c3ccccc3)o2)cc1. The van der Waals surface area contributed by atoms with Crippen LogP contribution in [0.5, 0.6) is 5.75 Å². The minimum absolute atomic E-state index is 0.317. The Balaban J connectivity index is 1.40. The summed E-state index contributed by atoms with van der Waals surface area (Å²) in [5, 5.41) is 11.8. The number of hydrogen-bond donors (Lipinski definition) is 1. The average molecular weight is 454 g/mol. The van der Waals surface area contributed by atoms with Gasteiger partial charge in [-0.3, -0.25) is 4.79 Å². The van der Waals surface area contributed by atoms with Crippen molar-refractivity contribution in [2.45, 2.75) is 13.0 Å². The molecule has 1 aromatic heterocycles. The summed E-state index contributed by atoms with van der Waals surface area (Å²) < 4.78 is 11.4. The van der Waals surface area contributed by atoms with Gasteiger partial charge in [0.05, 0.1) is 5.02 Å². The van der Waals surface area contributed by atoms with Gasteiger partial charge in [0.2, 0.25) is 11.8 Å². The first kappa shape index (κ1) is 20.9. The first-order valence-corrected chi connectivity index (χ1v) is 10.2. The van der Waals surface area contributed by atoms with Crippen LogP contribution in [-0.4, -0.2) is 22.2 Å². The molecule has 1 unspecified atom stereocenters. The Morgan fingerprint density at radius 2 is 1.58 bits per heavy atom. The van der Waals surface area contributed by atoms with Crippen LogP contribution in [0.1, 0.15) is 6.92 Å². The Bertz CT molecular complexity index is 1190. The molecule has 1 atom stereocenters. The first-order chi connectivity index (χ1) is 15.0. The molecule has 0 radical (unpaired) electrons. The number of aromatic nitrogens is 2. The zero-order valence-corrected chi connectivity index (χ0v) is 17.9. The van der Waals surface area contributed by atoms with Gasteiger partial charge in [0.1, 0.15) is 5.75 Å². The highest BCUT2D eigenvalue weighted by Gasteiger charge is 2.17. The lowest BCUT2D eigenvalue weighted by Crippen LogP contribution is -2.30. The predicted octanol–water partition coefficient (Wildman–Crippen LogP) is 6.12. The monoisotopic (exact) mass is 453 g/mol. The van der Waals surface area contributed by atoms with Gasteiger partial charge >= 0.3 is 0 Å². The Morgan fingerprint density at radius 1 is 0.935 bits per heavy atom. The highest BCUT2D eigenvalue weighted by Crippen LogP contribution is 2.29. The summed E-state index contributed by atoms with van der Waals surface area (Å²) in [5.41, 5.74) is 2.19. The number of nitrogens with zero attached hydrogens (tertiary/aromatic N) is 2. The van der Waals surface area contributed by atoms with E-state index in [2.05, 4.69) is 15.5 Å². The number of carbonyl (C=O) groups excluding carboxylic acids is 1. The van der Waals surface area contributed by atoms with Gasteiger partial charge in [-0.1, -0.05) is 41.4 Å². The lowest BCUT2D eigenvalue weighted by Gasteiger charge is -2.16. The largest absolute Gasteiger partial charge is 0.479 e. The Labute approximate surface area is 188 Å². The number of carbonyl (C=O) groups is 1. The van der Waals surface area contributed by atoms with Gasteiger partial charge in [-0.2, -0.15) is 0 Å².